The highest BCUT2D eigenvalue weighted by atomic mass is 32.2. The van der Waals surface area contributed by atoms with Crippen LogP contribution in [0.5, 0.6) is 11.6 Å². The lowest BCUT2D eigenvalue weighted by Crippen LogP contribution is -2.59. The molecule has 2 aromatic rings. The molecule has 2 aliphatic carbocycles. The van der Waals surface area contributed by atoms with Gasteiger partial charge in [-0.3, -0.25) is 19.1 Å². The standard InChI is InChI=1S/C42H60N6O9S/c1-10-41(17-18-41)58(53,54)46-38(51)42-22-27(42)14-12-11-13-25(2)19-26(3)34(44-39(52)57-40(4,5)6)37(50)48-24-29(21-32(48)35(49)45-42)56-36-30-16-15-28(47(7)8)20-31(30)33(55-9)23-43-36/h12,14-16,20,23,25-27,29,32,34H,10-11,13,17-19,21-22,24H2,1-9H3,(H,44,52)(H,45,49)(H,46,51)/b14-12-/t25-,26-,27-,29-,32+,34+,42-/m1/s1. The molecule has 3 heterocycles. The molecule has 1 saturated heterocycles. The Kier molecular flexibility index (Phi) is 12.0. The molecule has 1 aromatic heterocycles. The summed E-state index contributed by atoms with van der Waals surface area (Å²) < 4.78 is 46.0. The fourth-order valence-corrected chi connectivity index (χ4v) is 10.1. The van der Waals surface area contributed by atoms with E-state index in [9.17, 15) is 27.6 Å². The summed E-state index contributed by atoms with van der Waals surface area (Å²) >= 11 is 0. The van der Waals surface area contributed by atoms with Crippen LogP contribution >= 0.6 is 0 Å². The topological polar surface area (TPSA) is 186 Å². The molecule has 0 spiro atoms. The number of hydrogen-bond acceptors (Lipinski definition) is 11. The third-order valence-electron chi connectivity index (χ3n) is 12.2. The highest BCUT2D eigenvalue weighted by Crippen LogP contribution is 2.49. The maximum atomic E-state index is 14.9. The maximum Gasteiger partial charge on any atom is 0.408 e. The quantitative estimate of drug-likeness (QED) is 0.295. The number of carbonyl (C=O) groups is 4. The van der Waals surface area contributed by atoms with Gasteiger partial charge in [-0.05, 0) is 95.8 Å². The number of benzene rings is 1. The Morgan fingerprint density at radius 1 is 1.10 bits per heavy atom. The van der Waals surface area contributed by atoms with Gasteiger partial charge in [0.1, 0.15) is 35.1 Å². The number of methoxy groups -OCH3 is 1. The lowest BCUT2D eigenvalue weighted by atomic mass is 9.88. The normalized spacial score (nSPS) is 29.1. The number of aromatic nitrogens is 1. The van der Waals surface area contributed by atoms with Crippen molar-refractivity contribution in [1.82, 2.24) is 25.2 Å². The Morgan fingerprint density at radius 2 is 1.83 bits per heavy atom. The van der Waals surface area contributed by atoms with E-state index in [1.54, 1.807) is 41.0 Å². The van der Waals surface area contributed by atoms with Gasteiger partial charge < -0.3 is 34.6 Å². The average Bonchev–Trinajstić information content (AvgIpc) is 4.05. The highest BCUT2D eigenvalue weighted by Gasteiger charge is 2.63. The van der Waals surface area contributed by atoms with Gasteiger partial charge in [-0.2, -0.15) is 0 Å². The van der Waals surface area contributed by atoms with Gasteiger partial charge >= 0.3 is 6.09 Å². The fraction of sp³-hybridized carbons (Fsp3) is 0.643. The van der Waals surface area contributed by atoms with Gasteiger partial charge in [-0.25, -0.2) is 18.2 Å². The van der Waals surface area contributed by atoms with E-state index in [1.165, 1.54) is 4.90 Å². The van der Waals surface area contributed by atoms with Gasteiger partial charge in [-0.15, -0.1) is 0 Å². The largest absolute Gasteiger partial charge is 0.494 e. The van der Waals surface area contributed by atoms with Crippen molar-refractivity contribution < 1.29 is 41.8 Å². The minimum atomic E-state index is -4.02. The van der Waals surface area contributed by atoms with Gasteiger partial charge in [0.25, 0.3) is 5.91 Å². The summed E-state index contributed by atoms with van der Waals surface area (Å²) in [4.78, 5) is 64.8. The summed E-state index contributed by atoms with van der Waals surface area (Å²) in [5.41, 5.74) is -1.43. The zero-order valence-corrected chi connectivity index (χ0v) is 36.0. The van der Waals surface area contributed by atoms with Crippen LogP contribution in [0.4, 0.5) is 10.5 Å². The summed E-state index contributed by atoms with van der Waals surface area (Å²) in [6.45, 7) is 10.9. The van der Waals surface area contributed by atoms with Crippen molar-refractivity contribution >= 4 is 50.3 Å². The Labute approximate surface area is 342 Å². The van der Waals surface area contributed by atoms with Crippen LogP contribution in [0.1, 0.15) is 92.9 Å². The Balaban J connectivity index is 1.36. The number of amides is 4. The average molecular weight is 825 g/mol. The highest BCUT2D eigenvalue weighted by molar-refractivity contribution is 7.91. The predicted octanol–water partition coefficient (Wildman–Crippen LogP) is 4.83. The zero-order chi connectivity index (χ0) is 42.4. The van der Waals surface area contributed by atoms with E-state index < -0.39 is 73.8 Å². The van der Waals surface area contributed by atoms with E-state index in [4.69, 9.17) is 14.2 Å². The molecule has 58 heavy (non-hydrogen) atoms. The minimum absolute atomic E-state index is 0.0297. The number of rotatable bonds is 9. The van der Waals surface area contributed by atoms with Crippen molar-refractivity contribution in [3.05, 3.63) is 36.5 Å². The number of anilines is 1. The summed E-state index contributed by atoms with van der Waals surface area (Å²) in [7, 11) is 1.41. The molecule has 318 valence electrons. The number of sulfonamides is 1. The SMILES string of the molecule is CCC1(S(=O)(=O)NC(=O)[C@@]23C[C@H]2/C=C\CC[C@@H](C)C[C@@H](C)[C@H](NC(=O)OC(C)(C)C)C(=O)N2C[C@H](Oc4ncc(OC)c5cc(N(C)C)ccc45)C[C@H]2C(=O)N3)CC1. The van der Waals surface area contributed by atoms with E-state index in [-0.39, 0.29) is 37.1 Å². The number of fused-ring (bicyclic) bond motifs is 3. The van der Waals surface area contributed by atoms with Crippen molar-refractivity contribution in [1.29, 1.82) is 0 Å². The third kappa shape index (κ3) is 8.86. The molecule has 0 bridgehead atoms. The molecular weight excluding hydrogens is 765 g/mol. The number of nitrogens with zero attached hydrogens (tertiary/aromatic N) is 3. The van der Waals surface area contributed by atoms with E-state index in [1.807, 2.05) is 56.3 Å². The number of alkyl carbamates (subject to hydrolysis) is 1. The van der Waals surface area contributed by atoms with Gasteiger partial charge in [0.05, 0.1) is 24.6 Å². The summed E-state index contributed by atoms with van der Waals surface area (Å²) in [6.07, 6.45) is 7.46. The summed E-state index contributed by atoms with van der Waals surface area (Å²) in [5.74, 6) is -1.75. The molecule has 4 aliphatic rings. The third-order valence-corrected chi connectivity index (χ3v) is 14.4. The van der Waals surface area contributed by atoms with E-state index in [2.05, 4.69) is 27.3 Å². The zero-order valence-electron chi connectivity index (χ0n) is 35.2. The van der Waals surface area contributed by atoms with Gasteiger partial charge in [0.2, 0.25) is 27.7 Å². The first-order valence-electron chi connectivity index (χ1n) is 20.4. The molecule has 3 N–H and O–H groups in total. The summed E-state index contributed by atoms with van der Waals surface area (Å²) in [5, 5.41) is 7.18. The second-order valence-electron chi connectivity index (χ2n) is 17.9. The lowest BCUT2D eigenvalue weighted by molar-refractivity contribution is -0.142. The van der Waals surface area contributed by atoms with Crippen molar-refractivity contribution in [2.24, 2.45) is 17.8 Å². The van der Waals surface area contributed by atoms with Gasteiger partial charge in [0.15, 0.2) is 0 Å². The van der Waals surface area contributed by atoms with E-state index >= 15 is 0 Å². The predicted molar refractivity (Wildman–Crippen MR) is 220 cm³/mol. The van der Waals surface area contributed by atoms with Crippen LogP contribution < -0.4 is 29.7 Å². The van der Waals surface area contributed by atoms with Crippen LogP contribution in [-0.4, -0.2) is 104 Å². The first-order chi connectivity index (χ1) is 27.2. The lowest BCUT2D eigenvalue weighted by Gasteiger charge is -2.33. The second kappa shape index (κ2) is 16.2. The van der Waals surface area contributed by atoms with Crippen LogP contribution in [0.25, 0.3) is 10.8 Å². The van der Waals surface area contributed by atoms with Crippen LogP contribution in [0.2, 0.25) is 0 Å². The van der Waals surface area contributed by atoms with E-state index in [0.29, 0.717) is 43.2 Å². The maximum absolute atomic E-state index is 14.9. The number of hydrogen-bond donors (Lipinski definition) is 3. The second-order valence-corrected chi connectivity index (χ2v) is 20.0. The molecule has 1 aromatic carbocycles. The fourth-order valence-electron chi connectivity index (χ4n) is 8.39. The Bertz CT molecular complexity index is 2060. The number of carbonyl (C=O) groups excluding carboxylic acids is 4. The van der Waals surface area contributed by atoms with Crippen molar-refractivity contribution in [2.45, 2.75) is 127 Å². The molecule has 15 nitrogen and oxygen atoms in total. The number of ether oxygens (including phenoxy) is 3. The molecule has 16 heteroatoms. The number of pyridine rings is 1. The first kappa shape index (κ1) is 43.0. The molecule has 2 aliphatic heterocycles. The molecule has 0 unspecified atom stereocenters. The smallest absolute Gasteiger partial charge is 0.408 e. The Hall–Kier alpha value is -4.60. The molecule has 4 amide bonds. The van der Waals surface area contributed by atoms with Crippen LogP contribution in [-0.2, 0) is 29.1 Å². The molecular formula is C42H60N6O9S. The molecule has 2 saturated carbocycles. The monoisotopic (exact) mass is 824 g/mol. The molecule has 7 atom stereocenters. The first-order valence-corrected chi connectivity index (χ1v) is 21.9. The van der Waals surface area contributed by atoms with Gasteiger partial charge in [0, 0.05) is 42.9 Å². The number of nitrogens with one attached hydrogen (secondary N) is 3. The van der Waals surface area contributed by atoms with Crippen LogP contribution in [0.3, 0.4) is 0 Å². The van der Waals surface area contributed by atoms with E-state index in [0.717, 1.165) is 17.5 Å². The Morgan fingerprint density at radius 3 is 2.47 bits per heavy atom. The van der Waals surface area contributed by atoms with Gasteiger partial charge in [-0.1, -0.05) is 32.9 Å². The van der Waals surface area contributed by atoms with Crippen LogP contribution in [0.15, 0.2) is 36.5 Å². The molecule has 0 radical (unpaired) electrons. The van der Waals surface area contributed by atoms with Crippen LogP contribution in [0, 0.1) is 17.8 Å². The number of allylic oxidation sites excluding steroid dienone is 1. The van der Waals surface area contributed by atoms with Crippen molar-refractivity contribution in [3.63, 3.8) is 0 Å². The summed E-state index contributed by atoms with van der Waals surface area (Å²) in [6, 6.07) is 3.57. The van der Waals surface area contributed by atoms with Crippen molar-refractivity contribution in [3.8, 4) is 11.6 Å². The molecule has 6 rings (SSSR count). The van der Waals surface area contributed by atoms with Crippen molar-refractivity contribution in [2.75, 3.05) is 32.6 Å². The molecule has 3 fully saturated rings. The minimum Gasteiger partial charge on any atom is -0.494 e.